The molecule has 7 heteroatoms. The quantitative estimate of drug-likeness (QED) is 0.123. The number of aromatic nitrogens is 5. The fourth-order valence-electron chi connectivity index (χ4n) is 7.73. The van der Waals surface area contributed by atoms with Gasteiger partial charge in [0.25, 0.3) is 6.33 Å². The number of imidazole rings is 1. The Morgan fingerprint density at radius 2 is 1.23 bits per heavy atom. The number of hydrogen-bond acceptors (Lipinski definition) is 3. The summed E-state index contributed by atoms with van der Waals surface area (Å²) in [6.07, 6.45) is 7.29. The summed E-state index contributed by atoms with van der Waals surface area (Å²) in [6.45, 7) is 20.1. The van der Waals surface area contributed by atoms with E-state index >= 15 is 0 Å². The van der Waals surface area contributed by atoms with Gasteiger partial charge in [0.15, 0.2) is 0 Å². The second kappa shape index (κ2) is 15.3. The van der Waals surface area contributed by atoms with Crippen molar-refractivity contribution in [2.45, 2.75) is 78.6 Å². The smallest absolute Gasteiger partial charge is 0.269 e. The molecule has 0 aliphatic heterocycles. The van der Waals surface area contributed by atoms with Crippen molar-refractivity contribution in [2.75, 3.05) is 0 Å². The van der Waals surface area contributed by atoms with Gasteiger partial charge in [-0.15, -0.1) is 17.5 Å². The van der Waals surface area contributed by atoms with E-state index in [-0.39, 0.29) is 37.3 Å². The molecule has 4 aromatic heterocycles. The first-order valence-electron chi connectivity index (χ1n) is 20.3. The normalized spacial score (nSPS) is 12.3. The minimum Gasteiger partial charge on any atom is -0.522 e. The van der Waals surface area contributed by atoms with E-state index in [0.717, 1.165) is 49.9 Å². The number of fused-ring (bicyclic) bond motifs is 4. The molecule has 9 aromatic rings. The van der Waals surface area contributed by atoms with Gasteiger partial charge in [-0.3, -0.25) is 14.1 Å². The van der Waals surface area contributed by atoms with Crippen LogP contribution in [-0.2, 0) is 37.3 Å². The van der Waals surface area contributed by atoms with Crippen molar-refractivity contribution in [3.05, 3.63) is 169 Å². The van der Waals surface area contributed by atoms with Crippen molar-refractivity contribution in [2.24, 2.45) is 0 Å². The predicted molar refractivity (Wildman–Crippen MR) is 239 cm³/mol. The maximum Gasteiger partial charge on any atom is 0.269 e. The molecule has 6 nitrogen and oxygen atoms in total. The van der Waals surface area contributed by atoms with Gasteiger partial charge < -0.3 is 9.30 Å². The summed E-state index contributed by atoms with van der Waals surface area (Å²) in [7, 11) is 0. The third-order valence-corrected chi connectivity index (χ3v) is 11.2. The number of benzene rings is 5. The van der Waals surface area contributed by atoms with Crippen molar-refractivity contribution in [3.8, 4) is 39.9 Å². The van der Waals surface area contributed by atoms with Crippen LogP contribution in [0.3, 0.4) is 0 Å². The van der Waals surface area contributed by atoms with Crippen LogP contribution in [0.1, 0.15) is 79.0 Å². The number of ether oxygens (including phenoxy) is 1. The molecule has 0 spiro atoms. The maximum absolute atomic E-state index is 6.61. The minimum absolute atomic E-state index is 0. The molecule has 0 aliphatic carbocycles. The Kier molecular flexibility index (Phi) is 10.4. The molecule has 0 unspecified atom stereocenters. The summed E-state index contributed by atoms with van der Waals surface area (Å²) < 4.78 is 12.9. The monoisotopic (exact) mass is 966 g/mol. The Labute approximate surface area is 367 Å². The molecule has 0 saturated carbocycles. The molecular formula is C53H49N5OPt-2. The van der Waals surface area contributed by atoms with E-state index in [1.54, 1.807) is 6.20 Å². The summed E-state index contributed by atoms with van der Waals surface area (Å²) in [5.41, 5.74) is 10.9. The molecule has 0 amide bonds. The van der Waals surface area contributed by atoms with Gasteiger partial charge in [-0.25, -0.2) is 4.98 Å². The summed E-state index contributed by atoms with van der Waals surface area (Å²) in [4.78, 5) is 9.69. The largest absolute Gasteiger partial charge is 0.522 e. The van der Waals surface area contributed by atoms with Crippen LogP contribution in [0.5, 0.6) is 11.5 Å². The summed E-state index contributed by atoms with van der Waals surface area (Å²) >= 11 is 0. The van der Waals surface area contributed by atoms with Gasteiger partial charge in [-0.2, -0.15) is 18.2 Å². The standard InChI is InChI=1S/C53H49N5O.Pt/c1-51(2,3)37-16-13-17-40(29-37)56-34-57(46-23-19-38(30-48(46)56)52(4,5)6)49-33-42(25-27-54-49)59-41-20-21-43-44-28-36(35-14-11-10-12-15-35)18-22-45(44)58(47(43)32-41)50-31-39(24-26-55-50)53(7,8)9;/h10-31H,1-9H3;/q-2;. The van der Waals surface area contributed by atoms with Crippen molar-refractivity contribution in [1.82, 2.24) is 19.1 Å². The Bertz CT molecular complexity index is 3030. The van der Waals surface area contributed by atoms with Crippen molar-refractivity contribution in [1.29, 1.82) is 0 Å². The molecule has 5 aromatic carbocycles. The van der Waals surface area contributed by atoms with E-state index in [0.29, 0.717) is 17.3 Å². The van der Waals surface area contributed by atoms with Gasteiger partial charge in [0.1, 0.15) is 5.82 Å². The first-order valence-corrected chi connectivity index (χ1v) is 20.3. The molecule has 0 aliphatic rings. The number of pyridine rings is 2. The zero-order valence-corrected chi connectivity index (χ0v) is 37.9. The first-order chi connectivity index (χ1) is 28.1. The number of hydrogen-bond donors (Lipinski definition) is 0. The van der Waals surface area contributed by atoms with Crippen LogP contribution in [0, 0.1) is 18.5 Å². The summed E-state index contributed by atoms with van der Waals surface area (Å²) in [5.74, 6) is 2.50. The third kappa shape index (κ3) is 7.70. The molecule has 4 heterocycles. The molecule has 0 N–H and O–H groups in total. The van der Waals surface area contributed by atoms with Crippen LogP contribution in [0.4, 0.5) is 0 Å². The summed E-state index contributed by atoms with van der Waals surface area (Å²) in [5, 5.41) is 2.19. The number of nitrogens with zero attached hydrogens (tertiary/aromatic N) is 5. The van der Waals surface area contributed by atoms with Crippen molar-refractivity contribution in [3.63, 3.8) is 0 Å². The molecule has 60 heavy (non-hydrogen) atoms. The molecule has 0 saturated heterocycles. The van der Waals surface area contributed by atoms with Crippen LogP contribution in [0.15, 0.2) is 134 Å². The second-order valence-electron chi connectivity index (χ2n) is 18.6. The SMILES string of the molecule is CC(C)(C)c1cccc(-[n+]2[c-]n(-c3[c-]c(Oc4[c-]c5c(cc4)c4cc(-c6ccccc6)ccc4n5-c4cc(C(C)(C)C)ccn4)ccn3)c3ccc(C(C)(C)C)cc32)c1.[Pt]. The average Bonchev–Trinajstić information content (AvgIpc) is 3.76. The third-order valence-electron chi connectivity index (χ3n) is 11.2. The Morgan fingerprint density at radius 3 is 1.98 bits per heavy atom. The number of rotatable bonds is 6. The van der Waals surface area contributed by atoms with E-state index in [1.165, 1.54) is 22.3 Å². The summed E-state index contributed by atoms with van der Waals surface area (Å²) in [6, 6.07) is 49.8. The van der Waals surface area contributed by atoms with Gasteiger partial charge >= 0.3 is 0 Å². The molecule has 0 atom stereocenters. The topological polar surface area (TPSA) is 48.8 Å². The van der Waals surface area contributed by atoms with E-state index in [2.05, 4.69) is 193 Å². The van der Waals surface area contributed by atoms with Crippen molar-refractivity contribution < 1.29 is 30.4 Å². The van der Waals surface area contributed by atoms with Crippen LogP contribution < -0.4 is 9.30 Å². The molecule has 9 rings (SSSR count). The minimum atomic E-state index is -0.0448. The predicted octanol–water partition coefficient (Wildman–Crippen LogP) is 12.5. The van der Waals surface area contributed by atoms with Gasteiger partial charge in [-0.1, -0.05) is 141 Å². The fourth-order valence-corrected chi connectivity index (χ4v) is 7.73. The average molecular weight is 967 g/mol. The first kappa shape index (κ1) is 40.9. The van der Waals surface area contributed by atoms with Crippen LogP contribution in [0.25, 0.3) is 61.3 Å². The Balaban J connectivity index is 0.00000499. The van der Waals surface area contributed by atoms with Gasteiger partial charge in [0, 0.05) is 38.5 Å². The van der Waals surface area contributed by atoms with Crippen molar-refractivity contribution >= 4 is 32.8 Å². The molecule has 0 fully saturated rings. The van der Waals surface area contributed by atoms with Gasteiger partial charge in [-0.05, 0) is 91.6 Å². The fraction of sp³-hybridized carbons (Fsp3) is 0.226. The van der Waals surface area contributed by atoms with Crippen LogP contribution in [-0.4, -0.2) is 19.1 Å². The van der Waals surface area contributed by atoms with E-state index in [4.69, 9.17) is 14.7 Å². The van der Waals surface area contributed by atoms with E-state index in [9.17, 15) is 0 Å². The van der Waals surface area contributed by atoms with E-state index in [1.807, 2.05) is 29.0 Å². The molecule has 304 valence electrons. The Hall–Kier alpha value is -5.84. The molecule has 0 bridgehead atoms. The Morgan fingerprint density at radius 1 is 0.550 bits per heavy atom. The van der Waals surface area contributed by atoms with Crippen LogP contribution >= 0.6 is 0 Å². The molecular weight excluding hydrogens is 918 g/mol. The zero-order chi connectivity index (χ0) is 41.3. The second-order valence-corrected chi connectivity index (χ2v) is 18.6. The van der Waals surface area contributed by atoms with E-state index < -0.39 is 0 Å². The van der Waals surface area contributed by atoms with Crippen LogP contribution in [0.2, 0.25) is 0 Å². The van der Waals surface area contributed by atoms with Gasteiger partial charge in [0.2, 0.25) is 0 Å². The maximum atomic E-state index is 6.61. The van der Waals surface area contributed by atoms with Gasteiger partial charge in [0.05, 0.1) is 22.5 Å². The molecule has 0 radical (unpaired) electrons. The zero-order valence-electron chi connectivity index (χ0n) is 35.7.